The largest absolute Gasteiger partial charge is 0.326 e. The highest BCUT2D eigenvalue weighted by molar-refractivity contribution is 7.89. The molecule has 0 aliphatic carbocycles. The van der Waals surface area contributed by atoms with Gasteiger partial charge in [0.25, 0.3) is 0 Å². The zero-order chi connectivity index (χ0) is 21.7. The molecule has 30 heavy (non-hydrogen) atoms. The maximum absolute atomic E-state index is 12.6. The summed E-state index contributed by atoms with van der Waals surface area (Å²) >= 11 is 6.31. The third-order valence-electron chi connectivity index (χ3n) is 5.61. The molecule has 0 radical (unpaired) electrons. The topological polar surface area (TPSA) is 66.5 Å². The standard InChI is InChI=1S/C23H29ClN2O3S/c1-3-18-10-13-21(24)20(4-2)23(18)25-22(27)14-9-17-7-11-19(12-8-17)30(28,29)26-15-5-6-16-26/h7-8,10-13H,3-6,9,14-16H2,1-2H3,(H,25,27). The molecule has 1 saturated heterocycles. The highest BCUT2D eigenvalue weighted by Gasteiger charge is 2.26. The van der Waals surface area contributed by atoms with Crippen LogP contribution in [0.5, 0.6) is 0 Å². The van der Waals surface area contributed by atoms with Gasteiger partial charge in [-0.25, -0.2) is 8.42 Å². The third kappa shape index (κ3) is 5.05. The lowest BCUT2D eigenvalue weighted by atomic mass is 10.0. The first-order chi connectivity index (χ1) is 14.4. The molecule has 5 nitrogen and oxygen atoms in total. The number of sulfonamides is 1. The van der Waals surface area contributed by atoms with Gasteiger partial charge in [0.15, 0.2) is 0 Å². The Morgan fingerprint density at radius 3 is 2.30 bits per heavy atom. The lowest BCUT2D eigenvalue weighted by molar-refractivity contribution is -0.116. The molecule has 2 aromatic rings. The Labute approximate surface area is 184 Å². The number of aryl methyl sites for hydroxylation is 2. The number of nitrogens with one attached hydrogen (secondary N) is 1. The highest BCUT2D eigenvalue weighted by atomic mass is 35.5. The van der Waals surface area contributed by atoms with Crippen molar-refractivity contribution in [1.82, 2.24) is 4.31 Å². The van der Waals surface area contributed by atoms with Crippen LogP contribution in [-0.4, -0.2) is 31.7 Å². The van der Waals surface area contributed by atoms with Gasteiger partial charge in [-0.3, -0.25) is 4.79 Å². The molecule has 1 amide bonds. The van der Waals surface area contributed by atoms with Crippen molar-refractivity contribution in [3.63, 3.8) is 0 Å². The molecule has 2 aromatic carbocycles. The summed E-state index contributed by atoms with van der Waals surface area (Å²) in [6.45, 7) is 5.25. The summed E-state index contributed by atoms with van der Waals surface area (Å²) in [5.41, 5.74) is 3.79. The van der Waals surface area contributed by atoms with Crippen LogP contribution in [0.3, 0.4) is 0 Å². The molecule has 3 rings (SSSR count). The molecule has 162 valence electrons. The fourth-order valence-corrected chi connectivity index (χ4v) is 5.64. The van der Waals surface area contributed by atoms with E-state index in [1.54, 1.807) is 24.3 Å². The second kappa shape index (κ2) is 9.94. The van der Waals surface area contributed by atoms with E-state index in [1.165, 1.54) is 4.31 Å². The number of nitrogens with zero attached hydrogens (tertiary/aromatic N) is 1. The van der Waals surface area contributed by atoms with Crippen molar-refractivity contribution < 1.29 is 13.2 Å². The molecule has 0 spiro atoms. The SMILES string of the molecule is CCc1ccc(Cl)c(CC)c1NC(=O)CCc1ccc(S(=O)(=O)N2CCCC2)cc1. The van der Waals surface area contributed by atoms with Crippen LogP contribution in [0.4, 0.5) is 5.69 Å². The number of rotatable bonds is 8. The molecule has 1 N–H and O–H groups in total. The molecular weight excluding hydrogens is 420 g/mol. The number of carbonyl (C=O) groups excluding carboxylic acids is 1. The summed E-state index contributed by atoms with van der Waals surface area (Å²) in [6, 6.07) is 10.7. The van der Waals surface area contributed by atoms with Gasteiger partial charge in [0, 0.05) is 30.2 Å². The molecule has 1 heterocycles. The first-order valence-electron chi connectivity index (χ1n) is 10.6. The zero-order valence-electron chi connectivity index (χ0n) is 17.6. The van der Waals surface area contributed by atoms with Crippen LogP contribution in [0.15, 0.2) is 41.3 Å². The fraction of sp³-hybridized carbons (Fsp3) is 0.435. The van der Waals surface area contributed by atoms with Gasteiger partial charge in [-0.15, -0.1) is 0 Å². The first kappa shape index (κ1) is 22.8. The van der Waals surface area contributed by atoms with Crippen molar-refractivity contribution in [1.29, 1.82) is 0 Å². The van der Waals surface area contributed by atoms with E-state index in [0.29, 0.717) is 35.8 Å². The number of benzene rings is 2. The molecule has 0 unspecified atom stereocenters. The zero-order valence-corrected chi connectivity index (χ0v) is 19.2. The van der Waals surface area contributed by atoms with Crippen LogP contribution in [0, 0.1) is 0 Å². The van der Waals surface area contributed by atoms with E-state index in [4.69, 9.17) is 11.6 Å². The lowest BCUT2D eigenvalue weighted by Gasteiger charge is -2.16. The van der Waals surface area contributed by atoms with Crippen LogP contribution < -0.4 is 5.32 Å². The summed E-state index contributed by atoms with van der Waals surface area (Å²) < 4.78 is 26.8. The predicted octanol–water partition coefficient (Wildman–Crippen LogP) is 4.82. The van der Waals surface area contributed by atoms with Crippen LogP contribution in [0.25, 0.3) is 0 Å². The highest BCUT2D eigenvalue weighted by Crippen LogP contribution is 2.29. The quantitative estimate of drug-likeness (QED) is 0.629. The van der Waals surface area contributed by atoms with E-state index in [1.807, 2.05) is 19.1 Å². The number of hydrogen-bond acceptors (Lipinski definition) is 3. The Kier molecular flexibility index (Phi) is 7.55. The van der Waals surface area contributed by atoms with Crippen LogP contribution in [0.2, 0.25) is 5.02 Å². The molecule has 7 heteroatoms. The van der Waals surface area contributed by atoms with Gasteiger partial charge in [0.1, 0.15) is 0 Å². The molecule has 1 fully saturated rings. The van der Waals surface area contributed by atoms with E-state index < -0.39 is 10.0 Å². The van der Waals surface area contributed by atoms with Crippen molar-refractivity contribution >= 4 is 33.2 Å². The van der Waals surface area contributed by atoms with Crippen molar-refractivity contribution in [2.45, 2.75) is 57.3 Å². The van der Waals surface area contributed by atoms with E-state index in [0.717, 1.165) is 48.1 Å². The summed E-state index contributed by atoms with van der Waals surface area (Å²) in [6.07, 6.45) is 4.25. The Morgan fingerprint density at radius 2 is 1.70 bits per heavy atom. The van der Waals surface area contributed by atoms with E-state index in [9.17, 15) is 13.2 Å². The minimum absolute atomic E-state index is 0.0737. The van der Waals surface area contributed by atoms with E-state index in [2.05, 4.69) is 12.2 Å². The van der Waals surface area contributed by atoms with Crippen molar-refractivity contribution in [2.24, 2.45) is 0 Å². The maximum Gasteiger partial charge on any atom is 0.243 e. The molecule has 0 saturated carbocycles. The molecule has 0 aromatic heterocycles. The van der Waals surface area contributed by atoms with Crippen molar-refractivity contribution in [3.8, 4) is 0 Å². The summed E-state index contributed by atoms with van der Waals surface area (Å²) in [5.74, 6) is -0.0737. The smallest absolute Gasteiger partial charge is 0.243 e. The third-order valence-corrected chi connectivity index (χ3v) is 7.87. The van der Waals surface area contributed by atoms with Crippen LogP contribution in [-0.2, 0) is 34.1 Å². The van der Waals surface area contributed by atoms with Crippen LogP contribution in [0.1, 0.15) is 49.8 Å². The molecular formula is C23H29ClN2O3S. The molecule has 1 aliphatic rings. The second-order valence-corrected chi connectivity index (χ2v) is 9.92. The number of amides is 1. The molecule has 1 aliphatic heterocycles. The Bertz CT molecular complexity index is 998. The Morgan fingerprint density at radius 1 is 1.03 bits per heavy atom. The average molecular weight is 449 g/mol. The fourth-order valence-electron chi connectivity index (χ4n) is 3.83. The van der Waals surface area contributed by atoms with E-state index >= 15 is 0 Å². The molecule has 0 bridgehead atoms. The monoisotopic (exact) mass is 448 g/mol. The predicted molar refractivity (Wildman–Crippen MR) is 122 cm³/mol. The van der Waals surface area contributed by atoms with E-state index in [-0.39, 0.29) is 5.91 Å². The minimum atomic E-state index is -3.41. The Balaban J connectivity index is 1.64. The van der Waals surface area contributed by atoms with Gasteiger partial charge in [-0.05, 0) is 67.0 Å². The lowest BCUT2D eigenvalue weighted by Crippen LogP contribution is -2.27. The van der Waals surface area contributed by atoms with Gasteiger partial charge in [-0.2, -0.15) is 4.31 Å². The first-order valence-corrected chi connectivity index (χ1v) is 12.4. The summed E-state index contributed by atoms with van der Waals surface area (Å²) in [7, 11) is -3.41. The Hall–Kier alpha value is -1.89. The number of carbonyl (C=O) groups is 1. The summed E-state index contributed by atoms with van der Waals surface area (Å²) in [5, 5.41) is 3.71. The number of halogens is 1. The van der Waals surface area contributed by atoms with Crippen LogP contribution >= 0.6 is 11.6 Å². The average Bonchev–Trinajstić information content (AvgIpc) is 3.29. The van der Waals surface area contributed by atoms with Gasteiger partial charge in [0.2, 0.25) is 15.9 Å². The number of hydrogen-bond donors (Lipinski definition) is 1. The second-order valence-electron chi connectivity index (χ2n) is 7.57. The normalized spacial score (nSPS) is 14.8. The number of anilines is 1. The summed E-state index contributed by atoms with van der Waals surface area (Å²) in [4.78, 5) is 12.9. The maximum atomic E-state index is 12.6. The van der Waals surface area contributed by atoms with Gasteiger partial charge >= 0.3 is 0 Å². The van der Waals surface area contributed by atoms with Gasteiger partial charge in [-0.1, -0.05) is 43.6 Å². The van der Waals surface area contributed by atoms with Gasteiger partial charge in [0.05, 0.1) is 4.90 Å². The van der Waals surface area contributed by atoms with Gasteiger partial charge < -0.3 is 5.32 Å². The van der Waals surface area contributed by atoms with Crippen molar-refractivity contribution in [3.05, 3.63) is 58.1 Å². The minimum Gasteiger partial charge on any atom is -0.326 e. The van der Waals surface area contributed by atoms with Crippen molar-refractivity contribution in [2.75, 3.05) is 18.4 Å². The molecule has 0 atom stereocenters.